The first-order valence-corrected chi connectivity index (χ1v) is 9.81. The second-order valence-electron chi connectivity index (χ2n) is 7.83. The quantitative estimate of drug-likeness (QED) is 0.886. The highest BCUT2D eigenvalue weighted by Crippen LogP contribution is 2.35. The van der Waals surface area contributed by atoms with Crippen molar-refractivity contribution in [3.8, 4) is 0 Å². The van der Waals surface area contributed by atoms with Gasteiger partial charge in [0, 0.05) is 31.1 Å². The molecule has 2 aromatic rings. The minimum Gasteiger partial charge on any atom is -0.356 e. The highest BCUT2D eigenvalue weighted by atomic mass is 16.2. The van der Waals surface area contributed by atoms with Crippen LogP contribution in [0.2, 0.25) is 0 Å². The molecule has 2 aromatic carbocycles. The van der Waals surface area contributed by atoms with E-state index in [-0.39, 0.29) is 23.7 Å². The number of nitrogens with one attached hydrogen (secondary N) is 1. The van der Waals surface area contributed by atoms with Gasteiger partial charge in [0.1, 0.15) is 0 Å². The normalized spacial score (nSPS) is 21.9. The minimum atomic E-state index is -0.197. The third-order valence-electron chi connectivity index (χ3n) is 5.81. The van der Waals surface area contributed by atoms with Crippen molar-refractivity contribution in [2.75, 3.05) is 19.6 Å². The molecule has 27 heavy (non-hydrogen) atoms. The van der Waals surface area contributed by atoms with E-state index >= 15 is 0 Å². The molecule has 1 N–H and O–H groups in total. The van der Waals surface area contributed by atoms with Gasteiger partial charge in [-0.15, -0.1) is 0 Å². The molecule has 0 radical (unpaired) electrons. The molecule has 0 bridgehead atoms. The highest BCUT2D eigenvalue weighted by Gasteiger charge is 2.41. The second-order valence-corrected chi connectivity index (χ2v) is 7.83. The number of carbonyl (C=O) groups excluding carboxylic acids is 2. The van der Waals surface area contributed by atoms with Crippen LogP contribution in [-0.4, -0.2) is 36.3 Å². The average molecular weight is 362 g/mol. The molecule has 4 heteroatoms. The lowest BCUT2D eigenvalue weighted by atomic mass is 9.86. The van der Waals surface area contributed by atoms with Crippen LogP contribution in [0.15, 0.2) is 54.6 Å². The predicted octanol–water partition coefficient (Wildman–Crippen LogP) is 3.38. The molecule has 1 saturated heterocycles. The van der Waals surface area contributed by atoms with E-state index in [0.29, 0.717) is 24.6 Å². The summed E-state index contributed by atoms with van der Waals surface area (Å²) in [5, 5.41) is 3.13. The van der Waals surface area contributed by atoms with Gasteiger partial charge < -0.3 is 10.2 Å². The van der Waals surface area contributed by atoms with Crippen LogP contribution in [0, 0.1) is 18.8 Å². The fraction of sp³-hybridized carbons (Fsp3) is 0.391. The smallest absolute Gasteiger partial charge is 0.253 e. The Hall–Kier alpha value is -2.62. The Balaban J connectivity index is 1.57. The van der Waals surface area contributed by atoms with E-state index in [2.05, 4.69) is 24.4 Å². The number of likely N-dealkylation sites (tertiary alicyclic amines) is 1. The van der Waals surface area contributed by atoms with E-state index < -0.39 is 0 Å². The first-order chi connectivity index (χ1) is 13.1. The van der Waals surface area contributed by atoms with Crippen molar-refractivity contribution in [3.63, 3.8) is 0 Å². The fourth-order valence-electron chi connectivity index (χ4n) is 4.01. The van der Waals surface area contributed by atoms with Crippen LogP contribution in [0.5, 0.6) is 0 Å². The summed E-state index contributed by atoms with van der Waals surface area (Å²) < 4.78 is 0. The molecule has 140 valence electrons. The molecule has 2 amide bonds. The summed E-state index contributed by atoms with van der Waals surface area (Å²) in [5.74, 6) is 0.579. The third-order valence-corrected chi connectivity index (χ3v) is 5.81. The van der Waals surface area contributed by atoms with Gasteiger partial charge in [-0.2, -0.15) is 0 Å². The molecule has 0 unspecified atom stereocenters. The first kappa shape index (κ1) is 17.8. The number of benzene rings is 2. The molecule has 0 spiro atoms. The van der Waals surface area contributed by atoms with E-state index in [1.54, 1.807) is 0 Å². The van der Waals surface area contributed by atoms with Crippen LogP contribution in [0.3, 0.4) is 0 Å². The van der Waals surface area contributed by atoms with Crippen LogP contribution in [0.4, 0.5) is 0 Å². The Labute approximate surface area is 160 Å². The van der Waals surface area contributed by atoms with Gasteiger partial charge in [0.05, 0.1) is 5.92 Å². The standard InChI is InChI=1S/C23H26N2O2/c1-16-7-5-6-10-19(16)20-14-25(23(27)18-8-3-2-4-9-18)15-21(20)22(26)24-13-17-11-12-17/h2-10,17,20-21H,11-15H2,1H3,(H,24,26)/t20-,21-/m0/s1. The summed E-state index contributed by atoms with van der Waals surface area (Å²) in [6, 6.07) is 17.5. The highest BCUT2D eigenvalue weighted by molar-refractivity contribution is 5.95. The fourth-order valence-corrected chi connectivity index (χ4v) is 4.01. The molecule has 0 aromatic heterocycles. The van der Waals surface area contributed by atoms with Crippen molar-refractivity contribution in [3.05, 3.63) is 71.3 Å². The van der Waals surface area contributed by atoms with Crippen LogP contribution >= 0.6 is 0 Å². The van der Waals surface area contributed by atoms with E-state index in [1.165, 1.54) is 24.0 Å². The Morgan fingerprint density at radius 2 is 1.70 bits per heavy atom. The molecular formula is C23H26N2O2. The van der Waals surface area contributed by atoms with Crippen LogP contribution in [0.25, 0.3) is 0 Å². The largest absolute Gasteiger partial charge is 0.356 e. The lowest BCUT2D eigenvalue weighted by Crippen LogP contribution is -2.36. The molecule has 2 aliphatic rings. The Morgan fingerprint density at radius 1 is 1.00 bits per heavy atom. The van der Waals surface area contributed by atoms with E-state index in [4.69, 9.17) is 0 Å². The number of nitrogens with zero attached hydrogens (tertiary/aromatic N) is 1. The van der Waals surface area contributed by atoms with Crippen LogP contribution < -0.4 is 5.32 Å². The number of rotatable bonds is 5. The first-order valence-electron chi connectivity index (χ1n) is 9.81. The number of hydrogen-bond acceptors (Lipinski definition) is 2. The Morgan fingerprint density at radius 3 is 2.41 bits per heavy atom. The summed E-state index contributed by atoms with van der Waals surface area (Å²) in [6.07, 6.45) is 2.43. The average Bonchev–Trinajstić information content (AvgIpc) is 3.43. The van der Waals surface area contributed by atoms with Gasteiger partial charge in [-0.3, -0.25) is 9.59 Å². The molecule has 1 aliphatic carbocycles. The molecule has 1 heterocycles. The number of hydrogen-bond donors (Lipinski definition) is 1. The minimum absolute atomic E-state index is 0.00618. The van der Waals surface area contributed by atoms with Gasteiger partial charge in [-0.1, -0.05) is 42.5 Å². The van der Waals surface area contributed by atoms with Gasteiger partial charge in [-0.25, -0.2) is 0 Å². The van der Waals surface area contributed by atoms with Crippen LogP contribution in [-0.2, 0) is 4.79 Å². The summed E-state index contributed by atoms with van der Waals surface area (Å²) in [5.41, 5.74) is 3.03. The maximum atomic E-state index is 12.9. The van der Waals surface area contributed by atoms with Crippen molar-refractivity contribution < 1.29 is 9.59 Å². The van der Waals surface area contributed by atoms with Gasteiger partial charge in [0.2, 0.25) is 5.91 Å². The molecule has 2 atom stereocenters. The zero-order chi connectivity index (χ0) is 18.8. The van der Waals surface area contributed by atoms with Gasteiger partial charge in [0.25, 0.3) is 5.91 Å². The zero-order valence-electron chi connectivity index (χ0n) is 15.7. The van der Waals surface area contributed by atoms with Crippen molar-refractivity contribution in [2.24, 2.45) is 11.8 Å². The molecule has 4 nitrogen and oxygen atoms in total. The van der Waals surface area contributed by atoms with Crippen molar-refractivity contribution in [1.82, 2.24) is 10.2 Å². The lowest BCUT2D eigenvalue weighted by Gasteiger charge is -2.20. The van der Waals surface area contributed by atoms with E-state index in [1.807, 2.05) is 47.4 Å². The Kier molecular flexibility index (Phi) is 4.97. The summed E-state index contributed by atoms with van der Waals surface area (Å²) in [4.78, 5) is 27.7. The SMILES string of the molecule is Cc1ccccc1[C@@H]1CN(C(=O)c2ccccc2)C[C@@H]1C(=O)NCC1CC1. The van der Waals surface area contributed by atoms with E-state index in [9.17, 15) is 9.59 Å². The Bertz CT molecular complexity index is 829. The monoisotopic (exact) mass is 362 g/mol. The maximum absolute atomic E-state index is 12.9. The summed E-state index contributed by atoms with van der Waals surface area (Å²) in [6.45, 7) is 3.90. The molecule has 1 saturated carbocycles. The van der Waals surface area contributed by atoms with Crippen molar-refractivity contribution in [1.29, 1.82) is 0 Å². The lowest BCUT2D eigenvalue weighted by molar-refractivity contribution is -0.125. The summed E-state index contributed by atoms with van der Waals surface area (Å²) >= 11 is 0. The zero-order valence-corrected chi connectivity index (χ0v) is 15.7. The molecule has 2 fully saturated rings. The van der Waals surface area contributed by atoms with Crippen LogP contribution in [0.1, 0.15) is 40.2 Å². The van der Waals surface area contributed by atoms with E-state index in [0.717, 1.165) is 6.54 Å². The summed E-state index contributed by atoms with van der Waals surface area (Å²) in [7, 11) is 0. The van der Waals surface area contributed by atoms with Gasteiger partial charge in [0.15, 0.2) is 0 Å². The maximum Gasteiger partial charge on any atom is 0.253 e. The topological polar surface area (TPSA) is 49.4 Å². The number of amides is 2. The molecule has 1 aliphatic heterocycles. The van der Waals surface area contributed by atoms with Gasteiger partial charge in [-0.05, 0) is 48.9 Å². The van der Waals surface area contributed by atoms with Gasteiger partial charge >= 0.3 is 0 Å². The second kappa shape index (κ2) is 7.55. The number of aryl methyl sites for hydroxylation is 1. The number of carbonyl (C=O) groups is 2. The van der Waals surface area contributed by atoms with Crippen molar-refractivity contribution >= 4 is 11.8 Å². The predicted molar refractivity (Wildman–Crippen MR) is 105 cm³/mol. The van der Waals surface area contributed by atoms with Crippen molar-refractivity contribution in [2.45, 2.75) is 25.7 Å². The molecule has 4 rings (SSSR count). The third kappa shape index (κ3) is 3.90. The molecular weight excluding hydrogens is 336 g/mol.